The number of phenolic OH excluding ortho intramolecular Hbond substituents is 1. The normalized spacial score (nSPS) is 13.6. The second-order valence-corrected chi connectivity index (χ2v) is 15.4. The number of phenols is 1. The molecule has 1 saturated heterocycles. The average Bonchev–Trinajstić information content (AvgIpc) is 3.07. The molecule has 2 heterocycles. The number of nitrogens with one attached hydrogen (secondary N) is 1. The molecule has 0 atom stereocenters. The summed E-state index contributed by atoms with van der Waals surface area (Å²) in [5.41, 5.74) is -1.46. The fourth-order valence-electron chi connectivity index (χ4n) is 4.57. The number of azo groups is 1. The zero-order chi connectivity index (χ0) is 37.0. The fourth-order valence-corrected chi connectivity index (χ4v) is 7.15. The molecule has 54 heavy (non-hydrogen) atoms. The van der Waals surface area contributed by atoms with Gasteiger partial charge in [-0.15, -0.1) is 9.45 Å². The first-order valence-corrected chi connectivity index (χ1v) is 19.0. The van der Waals surface area contributed by atoms with E-state index in [9.17, 15) is 49.1 Å². The Morgan fingerprint density at radius 3 is 2.20 bits per heavy atom. The molecule has 0 amide bonds. The molecule has 5 rings (SSSR count). The minimum absolute atomic E-state index is 0. The van der Waals surface area contributed by atoms with E-state index in [0.717, 1.165) is 30.3 Å². The quantitative estimate of drug-likeness (QED) is 0.0226. The van der Waals surface area contributed by atoms with Crippen LogP contribution in [0.15, 0.2) is 67.4 Å². The zero-order valence-electron chi connectivity index (χ0n) is 28.2. The van der Waals surface area contributed by atoms with Gasteiger partial charge in [0.1, 0.15) is 25.9 Å². The van der Waals surface area contributed by atoms with E-state index in [1.54, 1.807) is 4.90 Å². The average molecular weight is 860 g/mol. The Morgan fingerprint density at radius 1 is 0.926 bits per heavy atom. The molecule has 29 heteroatoms. The summed E-state index contributed by atoms with van der Waals surface area (Å²) < 4.78 is 126. The molecule has 2 N–H and O–H groups in total. The Bertz CT molecular complexity index is 2310. The molecule has 1 aromatic heterocycles. The maximum atomic E-state index is 14.5. The summed E-state index contributed by atoms with van der Waals surface area (Å²) in [6, 6.07) is 6.62. The van der Waals surface area contributed by atoms with Gasteiger partial charge >= 0.3 is 94.8 Å². The van der Waals surface area contributed by atoms with Crippen molar-refractivity contribution in [3.8, 4) is 5.75 Å². The van der Waals surface area contributed by atoms with E-state index < -0.39 is 85.5 Å². The van der Waals surface area contributed by atoms with Gasteiger partial charge in [-0.3, -0.25) is 9.22 Å². The smallest absolute Gasteiger partial charge is 0.744 e. The van der Waals surface area contributed by atoms with E-state index in [4.69, 9.17) is 8.92 Å². The number of hydrogen-bond acceptors (Lipinski definition) is 22. The minimum Gasteiger partial charge on any atom is -0.744 e. The SMILES string of the molecule is O=S(=O)([O-])c1cc(Nc2nc(F)nc(N3CCOCC3)n2)c2c(O)c(N=Nc3ccc(S(=O)(=O)CCOSOO[O-])cc3)c(S(=O)(=O)[O-])cc2c1.[Na+].[Na+].[Na+]. The predicted molar refractivity (Wildman–Crippen MR) is 166 cm³/mol. The van der Waals surface area contributed by atoms with Crippen LogP contribution >= 0.6 is 12.3 Å². The summed E-state index contributed by atoms with van der Waals surface area (Å²) >= 11 is 0.124. The number of ether oxygens (including phenoxy) is 1. The van der Waals surface area contributed by atoms with Crippen molar-refractivity contribution in [1.82, 2.24) is 15.0 Å². The third kappa shape index (κ3) is 12.6. The van der Waals surface area contributed by atoms with Gasteiger partial charge < -0.3 is 34.4 Å². The number of nitrogens with zero attached hydrogens (tertiary/aromatic N) is 6. The summed E-state index contributed by atoms with van der Waals surface area (Å²) in [6.07, 6.45) is -1.25. The Hall–Kier alpha value is -1.22. The largest absolute Gasteiger partial charge is 1.00 e. The second kappa shape index (κ2) is 21.0. The van der Waals surface area contributed by atoms with Gasteiger partial charge in [-0.05, 0) is 47.9 Å². The molecule has 0 spiro atoms. The van der Waals surface area contributed by atoms with Crippen LogP contribution in [0, 0.1) is 6.08 Å². The van der Waals surface area contributed by atoms with Crippen molar-refractivity contribution >= 4 is 82.1 Å². The number of rotatable bonds is 14. The monoisotopic (exact) mass is 859 g/mol. The van der Waals surface area contributed by atoms with Crippen molar-refractivity contribution in [2.75, 3.05) is 48.9 Å². The Labute approximate surface area is 377 Å². The second-order valence-electron chi connectivity index (χ2n) is 10.0. The number of anilines is 3. The Balaban J connectivity index is 0.00000336. The van der Waals surface area contributed by atoms with E-state index in [0.29, 0.717) is 25.2 Å². The van der Waals surface area contributed by atoms with E-state index in [1.807, 2.05) is 0 Å². The molecule has 0 radical (unpaired) electrons. The number of aromatic nitrogens is 3. The standard InChI is InChI=1S/C25H24FN7O14S4.3Na/c26-23-28-24(30-25(29-23)33-5-7-44-8-6-33)27-18-13-17(50(38,39)40)11-14-12-19(51(41,42)43)21(22(34)20(14)18)32-31-15-1-3-16(4-2-15)49(36,37)10-9-45-48-47-46-35;;;/h1-4,11-13,34-35H,5-10H2,(H,38,39,40)(H,41,42,43)(H,27,28,29,30);;;/q;3*+1/p-3. The van der Waals surface area contributed by atoms with Crippen molar-refractivity contribution in [3.05, 3.63) is 48.5 Å². The van der Waals surface area contributed by atoms with Crippen molar-refractivity contribution < 1.29 is 156 Å². The van der Waals surface area contributed by atoms with E-state index in [1.165, 1.54) is 0 Å². The van der Waals surface area contributed by atoms with Crippen LogP contribution in [0.3, 0.4) is 0 Å². The topological polar surface area (TPSA) is 307 Å². The van der Waals surface area contributed by atoms with Crippen LogP contribution < -0.4 is 104 Å². The molecule has 1 aliphatic rings. The molecule has 0 unspecified atom stereocenters. The fraction of sp³-hybridized carbons (Fsp3) is 0.240. The molecular weight excluding hydrogens is 839 g/mol. The van der Waals surface area contributed by atoms with Crippen molar-refractivity contribution in [2.45, 2.75) is 14.7 Å². The summed E-state index contributed by atoms with van der Waals surface area (Å²) in [4.78, 5) is 10.6. The van der Waals surface area contributed by atoms with Crippen LogP contribution in [0.25, 0.3) is 10.8 Å². The molecule has 1 aliphatic heterocycles. The number of aromatic hydroxyl groups is 1. The van der Waals surface area contributed by atoms with Crippen molar-refractivity contribution in [1.29, 1.82) is 0 Å². The van der Waals surface area contributed by atoms with Gasteiger partial charge in [0.25, 0.3) is 0 Å². The first kappa shape index (κ1) is 48.9. The van der Waals surface area contributed by atoms with Gasteiger partial charge in [0, 0.05) is 18.5 Å². The molecule has 1 fully saturated rings. The van der Waals surface area contributed by atoms with Crippen molar-refractivity contribution in [2.24, 2.45) is 10.2 Å². The maximum Gasteiger partial charge on any atom is 1.00 e. The molecule has 274 valence electrons. The molecule has 0 saturated carbocycles. The van der Waals surface area contributed by atoms with E-state index >= 15 is 0 Å². The minimum atomic E-state index is -5.47. The summed E-state index contributed by atoms with van der Waals surface area (Å²) in [6.45, 7) is 0.773. The molecular formula is C25H21FN7Na3O14S4. The van der Waals surface area contributed by atoms with Crippen LogP contribution in [0.5, 0.6) is 5.75 Å². The summed E-state index contributed by atoms with van der Waals surface area (Å²) in [5, 5.41) is 33.3. The van der Waals surface area contributed by atoms with Gasteiger partial charge in [-0.25, -0.2) is 25.3 Å². The predicted octanol–water partition coefficient (Wildman–Crippen LogP) is -7.74. The zero-order valence-corrected chi connectivity index (χ0v) is 37.5. The third-order valence-electron chi connectivity index (χ3n) is 6.82. The maximum absolute atomic E-state index is 14.5. The van der Waals surface area contributed by atoms with Crippen LogP contribution in [0.1, 0.15) is 0 Å². The van der Waals surface area contributed by atoms with Gasteiger partial charge in [-0.1, -0.05) is 0 Å². The van der Waals surface area contributed by atoms with Crippen LogP contribution in [-0.4, -0.2) is 93.1 Å². The van der Waals surface area contributed by atoms with Gasteiger partial charge in [-0.2, -0.15) is 24.5 Å². The molecule has 0 bridgehead atoms. The van der Waals surface area contributed by atoms with Gasteiger partial charge in [0.2, 0.25) is 11.9 Å². The van der Waals surface area contributed by atoms with Crippen LogP contribution in [0.4, 0.5) is 33.3 Å². The molecule has 4 aromatic rings. The number of morpholine rings is 1. The summed E-state index contributed by atoms with van der Waals surface area (Å²) in [7, 11) is -14.6. The number of hydrogen-bond donors (Lipinski definition) is 2. The molecule has 0 aliphatic carbocycles. The third-order valence-corrected chi connectivity index (χ3v) is 10.6. The Kier molecular flexibility index (Phi) is 19.0. The van der Waals surface area contributed by atoms with Crippen molar-refractivity contribution in [3.63, 3.8) is 0 Å². The van der Waals surface area contributed by atoms with Crippen LogP contribution in [-0.2, 0) is 48.4 Å². The number of fused-ring (bicyclic) bond motifs is 1. The van der Waals surface area contributed by atoms with Gasteiger partial charge in [0.05, 0.1) is 51.6 Å². The Morgan fingerprint density at radius 2 is 1.59 bits per heavy atom. The first-order valence-electron chi connectivity index (χ1n) is 13.8. The molecule has 3 aromatic carbocycles. The van der Waals surface area contributed by atoms with Crippen LogP contribution in [0.2, 0.25) is 0 Å². The van der Waals surface area contributed by atoms with E-state index in [2.05, 4.69) is 39.9 Å². The number of sulfone groups is 1. The summed E-state index contributed by atoms with van der Waals surface area (Å²) in [5.74, 6) is -2.22. The number of halogens is 1. The molecule has 21 nitrogen and oxygen atoms in total. The van der Waals surface area contributed by atoms with E-state index in [-0.39, 0.29) is 137 Å². The number of benzene rings is 3. The first-order chi connectivity index (χ1) is 24.1. The van der Waals surface area contributed by atoms with Gasteiger partial charge in [0.15, 0.2) is 27.9 Å².